The Balaban J connectivity index is 1.49. The quantitative estimate of drug-likeness (QED) is 0.355. The molecule has 0 fully saturated rings. The molecule has 4 rings (SSSR count). The molecule has 0 aliphatic rings. The van der Waals surface area contributed by atoms with Crippen molar-refractivity contribution in [3.63, 3.8) is 0 Å². The zero-order valence-corrected chi connectivity index (χ0v) is 18.8. The Labute approximate surface area is 193 Å². The van der Waals surface area contributed by atoms with Crippen LogP contribution in [0.25, 0.3) is 17.0 Å². The van der Waals surface area contributed by atoms with Gasteiger partial charge >= 0.3 is 0 Å². The summed E-state index contributed by atoms with van der Waals surface area (Å²) in [5.41, 5.74) is 1.03. The van der Waals surface area contributed by atoms with Crippen LogP contribution in [-0.4, -0.2) is 55.6 Å². The summed E-state index contributed by atoms with van der Waals surface area (Å²) in [7, 11) is -1.13. The molecule has 2 heterocycles. The van der Waals surface area contributed by atoms with Crippen molar-refractivity contribution >= 4 is 15.7 Å². The van der Waals surface area contributed by atoms with Crippen LogP contribution in [0.2, 0.25) is 0 Å². The molecule has 10 nitrogen and oxygen atoms in total. The van der Waals surface area contributed by atoms with Crippen LogP contribution in [-0.2, 0) is 10.0 Å². The summed E-state index contributed by atoms with van der Waals surface area (Å²) < 4.78 is 71.2. The molecule has 0 aliphatic carbocycles. The number of ether oxygens (including phenoxy) is 3. The maximum absolute atomic E-state index is 13.8. The molecule has 0 amide bonds. The smallest absolute Gasteiger partial charge is 0.243 e. The van der Waals surface area contributed by atoms with Crippen LogP contribution < -0.4 is 18.9 Å². The molecule has 0 aliphatic heterocycles. The molecular weight excluding hydrogens is 472 g/mol. The van der Waals surface area contributed by atoms with Gasteiger partial charge in [-0.2, -0.15) is 4.52 Å². The normalized spacial score (nSPS) is 11.5. The van der Waals surface area contributed by atoms with Gasteiger partial charge in [0, 0.05) is 18.7 Å². The van der Waals surface area contributed by atoms with E-state index in [-0.39, 0.29) is 19.0 Å². The molecule has 2 aromatic heterocycles. The van der Waals surface area contributed by atoms with Gasteiger partial charge in [-0.05, 0) is 36.4 Å². The van der Waals surface area contributed by atoms with Crippen LogP contribution in [0.3, 0.4) is 0 Å². The molecule has 0 saturated heterocycles. The van der Waals surface area contributed by atoms with Crippen molar-refractivity contribution in [2.24, 2.45) is 0 Å². The highest BCUT2D eigenvalue weighted by Gasteiger charge is 2.19. The summed E-state index contributed by atoms with van der Waals surface area (Å²) in [4.78, 5) is -0.658. The third-order valence-electron chi connectivity index (χ3n) is 4.71. The van der Waals surface area contributed by atoms with E-state index in [0.717, 1.165) is 12.1 Å². The average Bonchev–Trinajstić information content (AvgIpc) is 3.24. The van der Waals surface area contributed by atoms with Crippen molar-refractivity contribution in [1.29, 1.82) is 0 Å². The molecule has 2 aromatic carbocycles. The van der Waals surface area contributed by atoms with Gasteiger partial charge in [-0.3, -0.25) is 0 Å². The van der Waals surface area contributed by atoms with Crippen molar-refractivity contribution < 1.29 is 31.4 Å². The van der Waals surface area contributed by atoms with Gasteiger partial charge in [0.25, 0.3) is 0 Å². The summed E-state index contributed by atoms with van der Waals surface area (Å²) in [5.74, 6) is -0.392. The number of nitrogens with zero attached hydrogens (tertiary/aromatic N) is 4. The SMILES string of the molecule is COc1ccc(OC)c(-c2nnc3ccc(OCCNS(=O)(=O)c4ccc(F)cc4F)nn23)c1. The van der Waals surface area contributed by atoms with E-state index in [1.54, 1.807) is 30.3 Å². The van der Waals surface area contributed by atoms with E-state index >= 15 is 0 Å². The van der Waals surface area contributed by atoms with E-state index in [1.165, 1.54) is 18.7 Å². The van der Waals surface area contributed by atoms with E-state index in [0.29, 0.717) is 34.6 Å². The van der Waals surface area contributed by atoms with Crippen molar-refractivity contribution in [3.8, 4) is 28.8 Å². The first-order chi connectivity index (χ1) is 16.3. The monoisotopic (exact) mass is 491 g/mol. The Morgan fingerprint density at radius 3 is 2.56 bits per heavy atom. The third-order valence-corrected chi connectivity index (χ3v) is 6.21. The van der Waals surface area contributed by atoms with Crippen LogP contribution in [0.4, 0.5) is 8.78 Å². The Morgan fingerprint density at radius 2 is 1.82 bits per heavy atom. The van der Waals surface area contributed by atoms with Gasteiger partial charge in [0.05, 0.1) is 19.8 Å². The van der Waals surface area contributed by atoms with Crippen LogP contribution in [0.5, 0.6) is 17.4 Å². The third kappa shape index (κ3) is 4.75. The van der Waals surface area contributed by atoms with Crippen molar-refractivity contribution in [1.82, 2.24) is 24.5 Å². The zero-order chi connectivity index (χ0) is 24.3. The molecule has 0 spiro atoms. The lowest BCUT2D eigenvalue weighted by Gasteiger charge is -2.10. The predicted octanol–water partition coefficient (Wildman–Crippen LogP) is 2.44. The molecule has 34 heavy (non-hydrogen) atoms. The number of aromatic nitrogens is 4. The molecule has 4 aromatic rings. The number of rotatable bonds is 9. The fourth-order valence-corrected chi connectivity index (χ4v) is 4.18. The molecule has 0 bridgehead atoms. The van der Waals surface area contributed by atoms with Gasteiger partial charge in [0.1, 0.15) is 34.6 Å². The van der Waals surface area contributed by atoms with Crippen molar-refractivity contribution in [2.45, 2.75) is 4.90 Å². The van der Waals surface area contributed by atoms with Crippen LogP contribution in [0.1, 0.15) is 0 Å². The Hall–Kier alpha value is -3.84. The van der Waals surface area contributed by atoms with Crippen LogP contribution >= 0.6 is 0 Å². The molecule has 1 N–H and O–H groups in total. The molecule has 0 unspecified atom stereocenters. The van der Waals surface area contributed by atoms with E-state index in [1.807, 2.05) is 0 Å². The number of methoxy groups -OCH3 is 2. The minimum Gasteiger partial charge on any atom is -0.497 e. The first-order valence-corrected chi connectivity index (χ1v) is 11.3. The number of hydrogen-bond donors (Lipinski definition) is 1. The maximum atomic E-state index is 13.8. The van der Waals surface area contributed by atoms with Crippen LogP contribution in [0.15, 0.2) is 53.4 Å². The topological polar surface area (TPSA) is 117 Å². The van der Waals surface area contributed by atoms with Gasteiger partial charge < -0.3 is 14.2 Å². The fourth-order valence-electron chi connectivity index (χ4n) is 3.11. The Kier molecular flexibility index (Phi) is 6.56. The predicted molar refractivity (Wildman–Crippen MR) is 116 cm³/mol. The Morgan fingerprint density at radius 1 is 1.00 bits per heavy atom. The van der Waals surface area contributed by atoms with E-state index < -0.39 is 26.6 Å². The van der Waals surface area contributed by atoms with E-state index in [9.17, 15) is 17.2 Å². The molecule has 0 saturated carbocycles. The largest absolute Gasteiger partial charge is 0.497 e. The number of benzene rings is 2. The van der Waals surface area contributed by atoms with Gasteiger partial charge in [0.2, 0.25) is 15.9 Å². The number of halogens is 2. The second-order valence-corrected chi connectivity index (χ2v) is 8.59. The summed E-state index contributed by atoms with van der Waals surface area (Å²) in [6, 6.07) is 10.6. The molecule has 0 atom stereocenters. The number of fused-ring (bicyclic) bond motifs is 1. The molecule has 0 radical (unpaired) electrons. The fraction of sp³-hybridized carbons (Fsp3) is 0.190. The van der Waals surface area contributed by atoms with E-state index in [4.69, 9.17) is 14.2 Å². The number of sulfonamides is 1. The second kappa shape index (κ2) is 9.57. The summed E-state index contributed by atoms with van der Waals surface area (Å²) in [6.07, 6.45) is 0. The number of nitrogens with one attached hydrogen (secondary N) is 1. The second-order valence-electron chi connectivity index (χ2n) is 6.85. The zero-order valence-electron chi connectivity index (χ0n) is 18.0. The Bertz CT molecular complexity index is 1450. The highest BCUT2D eigenvalue weighted by molar-refractivity contribution is 7.89. The van der Waals surface area contributed by atoms with Crippen molar-refractivity contribution in [3.05, 3.63) is 60.2 Å². The lowest BCUT2D eigenvalue weighted by atomic mass is 10.2. The summed E-state index contributed by atoms with van der Waals surface area (Å²) in [6.45, 7) is -0.294. The maximum Gasteiger partial charge on any atom is 0.243 e. The van der Waals surface area contributed by atoms with Crippen LogP contribution in [0, 0.1) is 11.6 Å². The summed E-state index contributed by atoms with van der Waals surface area (Å²) >= 11 is 0. The van der Waals surface area contributed by atoms with Gasteiger partial charge in [-0.25, -0.2) is 21.9 Å². The minimum absolute atomic E-state index is 0.111. The van der Waals surface area contributed by atoms with Gasteiger partial charge in [0.15, 0.2) is 11.5 Å². The highest BCUT2D eigenvalue weighted by Crippen LogP contribution is 2.32. The standard InChI is InChI=1S/C21H19F2N5O5S/c1-31-14-4-5-17(32-2)15(12-14)21-26-25-19-7-8-20(27-28(19)21)33-10-9-24-34(29,30)18-6-3-13(22)11-16(18)23/h3-8,11-12,24H,9-10H2,1-2H3. The average molecular weight is 491 g/mol. The first kappa shape index (κ1) is 23.3. The lowest BCUT2D eigenvalue weighted by molar-refractivity contribution is 0.305. The molecular formula is C21H19F2N5O5S. The molecule has 178 valence electrons. The molecule has 13 heteroatoms. The van der Waals surface area contributed by atoms with Gasteiger partial charge in [-0.15, -0.1) is 15.3 Å². The number of hydrogen-bond acceptors (Lipinski definition) is 8. The highest BCUT2D eigenvalue weighted by atomic mass is 32.2. The minimum atomic E-state index is -4.19. The first-order valence-electron chi connectivity index (χ1n) is 9.85. The van der Waals surface area contributed by atoms with Crippen molar-refractivity contribution in [2.75, 3.05) is 27.4 Å². The van der Waals surface area contributed by atoms with Gasteiger partial charge in [-0.1, -0.05) is 0 Å². The van der Waals surface area contributed by atoms with E-state index in [2.05, 4.69) is 20.0 Å². The summed E-state index contributed by atoms with van der Waals surface area (Å²) in [5, 5.41) is 12.6. The lowest BCUT2D eigenvalue weighted by Crippen LogP contribution is -2.29.